The lowest BCUT2D eigenvalue weighted by Crippen LogP contribution is -2.50. The summed E-state index contributed by atoms with van der Waals surface area (Å²) < 4.78 is 25.3. The number of nitro groups is 1. The minimum absolute atomic E-state index is 0.0450. The van der Waals surface area contributed by atoms with Gasteiger partial charge in [-0.25, -0.2) is 8.78 Å². The lowest BCUT2D eigenvalue weighted by molar-refractivity contribution is -0.385. The summed E-state index contributed by atoms with van der Waals surface area (Å²) in [6, 6.07) is 3.42. The van der Waals surface area contributed by atoms with Crippen molar-refractivity contribution < 1.29 is 18.5 Å². The first-order chi connectivity index (χ1) is 8.80. The van der Waals surface area contributed by atoms with Crippen LogP contribution in [0.3, 0.4) is 0 Å². The maximum Gasteiger partial charge on any atom is 0.284 e. The molecule has 0 heterocycles. The Kier molecular flexibility index (Phi) is 3.53. The Hall–Kier alpha value is -1.57. The fourth-order valence-electron chi connectivity index (χ4n) is 1.86. The second-order valence-corrected chi connectivity index (χ2v) is 5.12. The van der Waals surface area contributed by atoms with Gasteiger partial charge >= 0.3 is 0 Å². The molecule has 0 bridgehead atoms. The van der Waals surface area contributed by atoms with Crippen LogP contribution in [0.25, 0.3) is 0 Å². The number of amides is 1. The Morgan fingerprint density at radius 3 is 2.63 bits per heavy atom. The molecule has 0 aromatic heterocycles. The van der Waals surface area contributed by atoms with Gasteiger partial charge in [-0.05, 0) is 22.0 Å². The number of hydrogen-bond acceptors (Lipinski definition) is 3. The number of nitrogens with one attached hydrogen (secondary N) is 1. The molecule has 1 amide bonds. The van der Waals surface area contributed by atoms with Crippen molar-refractivity contribution in [3.05, 3.63) is 38.3 Å². The van der Waals surface area contributed by atoms with Gasteiger partial charge in [-0.15, -0.1) is 0 Å². The highest BCUT2D eigenvalue weighted by atomic mass is 79.9. The van der Waals surface area contributed by atoms with Crippen molar-refractivity contribution in [2.75, 3.05) is 0 Å². The summed E-state index contributed by atoms with van der Waals surface area (Å²) in [5, 5.41) is 13.1. The number of rotatable bonds is 3. The number of carbonyl (C=O) groups excluding carboxylic acids is 1. The molecule has 8 heteroatoms. The first-order valence-electron chi connectivity index (χ1n) is 5.42. The number of nitrogens with zero attached hydrogens (tertiary/aromatic N) is 1. The standard InChI is InChI=1S/C11H9BrF2N2O3/c12-9-7(2-1-3-8(9)16(18)19)10(17)15-6-4-11(13,14)5-6/h1-3,6H,4-5H2,(H,15,17). The molecule has 1 saturated carbocycles. The van der Waals surface area contributed by atoms with Crippen molar-refractivity contribution in [1.82, 2.24) is 5.32 Å². The van der Waals surface area contributed by atoms with Crippen LogP contribution in [-0.4, -0.2) is 22.8 Å². The first kappa shape index (κ1) is 13.9. The van der Waals surface area contributed by atoms with E-state index in [9.17, 15) is 23.7 Å². The Morgan fingerprint density at radius 1 is 1.47 bits per heavy atom. The second-order valence-electron chi connectivity index (χ2n) is 4.33. The Balaban J connectivity index is 2.12. The van der Waals surface area contributed by atoms with E-state index >= 15 is 0 Å². The van der Waals surface area contributed by atoms with Gasteiger partial charge in [0.05, 0.1) is 10.5 Å². The van der Waals surface area contributed by atoms with Crippen LogP contribution in [-0.2, 0) is 0 Å². The van der Waals surface area contributed by atoms with Gasteiger partial charge < -0.3 is 5.32 Å². The predicted molar refractivity (Wildman–Crippen MR) is 66.2 cm³/mol. The van der Waals surface area contributed by atoms with E-state index < -0.39 is 35.6 Å². The van der Waals surface area contributed by atoms with E-state index in [1.54, 1.807) is 0 Å². The minimum Gasteiger partial charge on any atom is -0.349 e. The third kappa shape index (κ3) is 2.89. The molecule has 1 aliphatic carbocycles. The Morgan fingerprint density at radius 2 is 2.11 bits per heavy atom. The third-order valence-corrected chi connectivity index (χ3v) is 3.68. The molecule has 1 fully saturated rings. The normalized spacial score (nSPS) is 17.6. The molecule has 1 aromatic rings. The van der Waals surface area contributed by atoms with E-state index in [1.807, 2.05) is 0 Å². The zero-order valence-corrected chi connectivity index (χ0v) is 11.1. The molecule has 2 rings (SSSR count). The molecule has 1 N–H and O–H groups in total. The molecule has 19 heavy (non-hydrogen) atoms. The SMILES string of the molecule is O=C(NC1CC(F)(F)C1)c1cccc([N+](=O)[O-])c1Br. The average Bonchev–Trinajstić information content (AvgIpc) is 2.26. The number of carbonyl (C=O) groups is 1. The lowest BCUT2D eigenvalue weighted by Gasteiger charge is -2.35. The van der Waals surface area contributed by atoms with Crippen molar-refractivity contribution in [1.29, 1.82) is 0 Å². The van der Waals surface area contributed by atoms with Crippen LogP contribution in [0.2, 0.25) is 0 Å². The van der Waals surface area contributed by atoms with Gasteiger partial charge in [0, 0.05) is 24.9 Å². The molecule has 102 valence electrons. The van der Waals surface area contributed by atoms with E-state index in [4.69, 9.17) is 0 Å². The van der Waals surface area contributed by atoms with Crippen molar-refractivity contribution in [3.63, 3.8) is 0 Å². The van der Waals surface area contributed by atoms with E-state index in [-0.39, 0.29) is 15.7 Å². The van der Waals surface area contributed by atoms with Crippen LogP contribution >= 0.6 is 15.9 Å². The van der Waals surface area contributed by atoms with Crippen molar-refractivity contribution >= 4 is 27.5 Å². The molecule has 0 atom stereocenters. The fraction of sp³-hybridized carbons (Fsp3) is 0.364. The monoisotopic (exact) mass is 334 g/mol. The highest BCUT2D eigenvalue weighted by Crippen LogP contribution is 2.37. The molecular formula is C11H9BrF2N2O3. The molecule has 0 unspecified atom stereocenters. The Bertz CT molecular complexity index is 543. The minimum atomic E-state index is -2.72. The van der Waals surface area contributed by atoms with E-state index in [0.717, 1.165) is 0 Å². The first-order valence-corrected chi connectivity index (χ1v) is 6.21. The zero-order valence-electron chi connectivity index (χ0n) is 9.53. The molecule has 1 aromatic carbocycles. The summed E-state index contributed by atoms with van der Waals surface area (Å²) in [6.07, 6.45) is -0.795. The van der Waals surface area contributed by atoms with Crippen molar-refractivity contribution in [2.24, 2.45) is 0 Å². The van der Waals surface area contributed by atoms with Gasteiger partial charge in [0.25, 0.3) is 17.5 Å². The predicted octanol–water partition coefficient (Wildman–Crippen LogP) is 2.88. The van der Waals surface area contributed by atoms with Crippen LogP contribution < -0.4 is 5.32 Å². The van der Waals surface area contributed by atoms with Crippen LogP contribution in [0.4, 0.5) is 14.5 Å². The van der Waals surface area contributed by atoms with Gasteiger partial charge in [0.1, 0.15) is 4.47 Å². The summed E-state index contributed by atoms with van der Waals surface area (Å²) in [5.74, 6) is -3.33. The summed E-state index contributed by atoms with van der Waals surface area (Å²) in [4.78, 5) is 21.9. The number of hydrogen-bond donors (Lipinski definition) is 1. The molecule has 5 nitrogen and oxygen atoms in total. The van der Waals surface area contributed by atoms with Gasteiger partial charge in [0.2, 0.25) is 0 Å². The van der Waals surface area contributed by atoms with Gasteiger partial charge in [-0.1, -0.05) is 6.07 Å². The zero-order chi connectivity index (χ0) is 14.2. The summed E-state index contributed by atoms with van der Waals surface area (Å²) in [7, 11) is 0. The summed E-state index contributed by atoms with van der Waals surface area (Å²) in [6.45, 7) is 0. The van der Waals surface area contributed by atoms with Crippen molar-refractivity contribution in [3.8, 4) is 0 Å². The molecule has 0 radical (unpaired) electrons. The number of alkyl halides is 2. The van der Waals surface area contributed by atoms with Crippen LogP contribution in [0.5, 0.6) is 0 Å². The maximum atomic E-state index is 12.6. The van der Waals surface area contributed by atoms with Crippen molar-refractivity contribution in [2.45, 2.75) is 24.8 Å². The quantitative estimate of drug-likeness (QED) is 0.682. The second kappa shape index (κ2) is 4.84. The van der Waals surface area contributed by atoms with E-state index in [1.165, 1.54) is 18.2 Å². The third-order valence-electron chi connectivity index (χ3n) is 2.84. The fourth-order valence-corrected chi connectivity index (χ4v) is 2.45. The van der Waals surface area contributed by atoms with Crippen LogP contribution in [0, 0.1) is 10.1 Å². The van der Waals surface area contributed by atoms with Crippen LogP contribution in [0.15, 0.2) is 22.7 Å². The van der Waals surface area contributed by atoms with E-state index in [0.29, 0.717) is 0 Å². The largest absolute Gasteiger partial charge is 0.349 e. The molecule has 0 spiro atoms. The topological polar surface area (TPSA) is 72.2 Å². The Labute approximate surface area is 115 Å². The molecular weight excluding hydrogens is 326 g/mol. The van der Waals surface area contributed by atoms with Gasteiger partial charge in [0.15, 0.2) is 0 Å². The highest BCUT2D eigenvalue weighted by molar-refractivity contribution is 9.10. The van der Waals surface area contributed by atoms with Crippen LogP contribution in [0.1, 0.15) is 23.2 Å². The smallest absolute Gasteiger partial charge is 0.284 e. The van der Waals surface area contributed by atoms with Gasteiger partial charge in [-0.3, -0.25) is 14.9 Å². The van der Waals surface area contributed by atoms with Gasteiger partial charge in [-0.2, -0.15) is 0 Å². The highest BCUT2D eigenvalue weighted by Gasteiger charge is 2.46. The maximum absolute atomic E-state index is 12.6. The number of halogens is 3. The lowest BCUT2D eigenvalue weighted by atomic mass is 9.88. The number of benzene rings is 1. The summed E-state index contributed by atoms with van der Waals surface area (Å²) >= 11 is 2.98. The summed E-state index contributed by atoms with van der Waals surface area (Å²) in [5.41, 5.74) is -0.184. The molecule has 0 aliphatic heterocycles. The number of nitro benzene ring substituents is 1. The molecule has 0 saturated heterocycles. The average molecular weight is 335 g/mol. The molecule has 1 aliphatic rings. The van der Waals surface area contributed by atoms with E-state index in [2.05, 4.69) is 21.2 Å².